The predicted molar refractivity (Wildman–Crippen MR) is 120 cm³/mol. The van der Waals surface area contributed by atoms with Gasteiger partial charge in [-0.05, 0) is 57.0 Å². The van der Waals surface area contributed by atoms with Crippen molar-refractivity contribution < 1.29 is 14.7 Å². The highest BCUT2D eigenvalue weighted by Gasteiger charge is 2.27. The van der Waals surface area contributed by atoms with Gasteiger partial charge in [0, 0.05) is 35.3 Å². The van der Waals surface area contributed by atoms with E-state index in [1.54, 1.807) is 24.3 Å². The van der Waals surface area contributed by atoms with Crippen molar-refractivity contribution in [3.05, 3.63) is 65.4 Å². The SMILES string of the molecule is CCNC(=O)n1nc(-c2ccc(NC(=O)c3ccc(C)cc3)cc2O)cc1C1CCC1. The molecular weight excluding hydrogens is 392 g/mol. The van der Waals surface area contributed by atoms with E-state index in [4.69, 9.17) is 0 Å². The molecule has 1 aromatic heterocycles. The molecule has 3 N–H and O–H groups in total. The van der Waals surface area contributed by atoms with Gasteiger partial charge in [-0.15, -0.1) is 0 Å². The third kappa shape index (κ3) is 4.30. The second-order valence-electron chi connectivity index (χ2n) is 7.88. The van der Waals surface area contributed by atoms with Gasteiger partial charge in [-0.1, -0.05) is 24.1 Å². The lowest BCUT2D eigenvalue weighted by molar-refractivity contribution is 0.102. The van der Waals surface area contributed by atoms with E-state index >= 15 is 0 Å². The molecule has 0 unspecified atom stereocenters. The van der Waals surface area contributed by atoms with Crippen LogP contribution in [-0.4, -0.2) is 33.4 Å². The summed E-state index contributed by atoms with van der Waals surface area (Å²) >= 11 is 0. The van der Waals surface area contributed by atoms with Crippen LogP contribution in [0.5, 0.6) is 5.75 Å². The van der Waals surface area contributed by atoms with Crippen LogP contribution in [0, 0.1) is 6.92 Å². The van der Waals surface area contributed by atoms with Crippen molar-refractivity contribution in [2.75, 3.05) is 11.9 Å². The lowest BCUT2D eigenvalue weighted by atomic mass is 9.82. The zero-order chi connectivity index (χ0) is 22.0. The van der Waals surface area contributed by atoms with E-state index in [2.05, 4.69) is 15.7 Å². The van der Waals surface area contributed by atoms with E-state index in [0.29, 0.717) is 35.0 Å². The van der Waals surface area contributed by atoms with Crippen LogP contribution in [-0.2, 0) is 0 Å². The number of nitrogens with zero attached hydrogens (tertiary/aromatic N) is 2. The topological polar surface area (TPSA) is 96.3 Å². The van der Waals surface area contributed by atoms with Gasteiger partial charge >= 0.3 is 6.03 Å². The number of amides is 2. The highest BCUT2D eigenvalue weighted by Crippen LogP contribution is 2.39. The summed E-state index contributed by atoms with van der Waals surface area (Å²) in [5, 5.41) is 20.7. The van der Waals surface area contributed by atoms with E-state index in [-0.39, 0.29) is 17.7 Å². The van der Waals surface area contributed by atoms with Gasteiger partial charge in [0.2, 0.25) is 0 Å². The molecule has 7 heteroatoms. The number of nitrogens with one attached hydrogen (secondary N) is 2. The fourth-order valence-corrected chi connectivity index (χ4v) is 3.64. The molecule has 2 aromatic carbocycles. The van der Waals surface area contributed by atoms with E-state index in [1.807, 2.05) is 32.0 Å². The average molecular weight is 418 g/mol. The van der Waals surface area contributed by atoms with Gasteiger partial charge in [0.05, 0.1) is 11.4 Å². The second-order valence-corrected chi connectivity index (χ2v) is 7.88. The summed E-state index contributed by atoms with van der Waals surface area (Å²) in [6.45, 7) is 4.33. The van der Waals surface area contributed by atoms with Crippen LogP contribution >= 0.6 is 0 Å². The number of hydrogen-bond acceptors (Lipinski definition) is 4. The van der Waals surface area contributed by atoms with Crippen LogP contribution in [0.1, 0.15) is 53.7 Å². The number of anilines is 1. The van der Waals surface area contributed by atoms with Gasteiger partial charge in [0.15, 0.2) is 0 Å². The van der Waals surface area contributed by atoms with Gasteiger partial charge < -0.3 is 15.7 Å². The summed E-state index contributed by atoms with van der Waals surface area (Å²) < 4.78 is 1.41. The first-order valence-corrected chi connectivity index (χ1v) is 10.6. The number of aromatic nitrogens is 2. The van der Waals surface area contributed by atoms with Crippen LogP contribution < -0.4 is 10.6 Å². The molecule has 0 spiro atoms. The summed E-state index contributed by atoms with van der Waals surface area (Å²) in [5.41, 5.74) is 4.00. The van der Waals surface area contributed by atoms with Crippen molar-refractivity contribution in [3.63, 3.8) is 0 Å². The fraction of sp³-hybridized carbons (Fsp3) is 0.292. The minimum absolute atomic E-state index is 0.0117. The maximum atomic E-state index is 12.5. The molecule has 1 fully saturated rings. The first kappa shape index (κ1) is 20.7. The lowest BCUT2D eigenvalue weighted by Crippen LogP contribution is -2.31. The Morgan fingerprint density at radius 1 is 1.13 bits per heavy atom. The summed E-state index contributed by atoms with van der Waals surface area (Å²) in [7, 11) is 0. The molecule has 7 nitrogen and oxygen atoms in total. The minimum atomic E-state index is -0.267. The Kier molecular flexibility index (Phi) is 5.75. The normalized spacial score (nSPS) is 13.5. The number of aromatic hydroxyl groups is 1. The third-order valence-corrected chi connectivity index (χ3v) is 5.63. The molecule has 0 radical (unpaired) electrons. The van der Waals surface area contributed by atoms with E-state index in [1.165, 1.54) is 10.7 Å². The van der Waals surface area contributed by atoms with Gasteiger partial charge in [0.25, 0.3) is 5.91 Å². The van der Waals surface area contributed by atoms with Crippen molar-refractivity contribution in [3.8, 4) is 17.0 Å². The first-order chi connectivity index (χ1) is 15.0. The zero-order valence-electron chi connectivity index (χ0n) is 17.7. The minimum Gasteiger partial charge on any atom is -0.507 e. The van der Waals surface area contributed by atoms with Gasteiger partial charge in [0.1, 0.15) is 5.75 Å². The van der Waals surface area contributed by atoms with Crippen molar-refractivity contribution in [1.29, 1.82) is 0 Å². The maximum Gasteiger partial charge on any atom is 0.342 e. The molecular formula is C24H26N4O3. The molecule has 3 aromatic rings. The highest BCUT2D eigenvalue weighted by molar-refractivity contribution is 6.04. The zero-order valence-corrected chi connectivity index (χ0v) is 17.7. The van der Waals surface area contributed by atoms with Gasteiger partial charge in [-0.2, -0.15) is 9.78 Å². The molecule has 1 saturated carbocycles. The van der Waals surface area contributed by atoms with Gasteiger partial charge in [-0.3, -0.25) is 4.79 Å². The van der Waals surface area contributed by atoms with E-state index in [0.717, 1.165) is 30.5 Å². The van der Waals surface area contributed by atoms with Crippen molar-refractivity contribution in [2.45, 2.75) is 39.0 Å². The summed E-state index contributed by atoms with van der Waals surface area (Å²) in [6, 6.07) is 13.8. The summed E-state index contributed by atoms with van der Waals surface area (Å²) in [6.07, 6.45) is 3.20. The van der Waals surface area contributed by atoms with Crippen LogP contribution in [0.3, 0.4) is 0 Å². The molecule has 0 bridgehead atoms. The van der Waals surface area contributed by atoms with Crippen LogP contribution in [0.4, 0.5) is 10.5 Å². The van der Waals surface area contributed by atoms with Crippen molar-refractivity contribution in [1.82, 2.24) is 15.1 Å². The number of rotatable bonds is 5. The van der Waals surface area contributed by atoms with Crippen LogP contribution in [0.2, 0.25) is 0 Å². The Morgan fingerprint density at radius 2 is 1.87 bits per heavy atom. The maximum absolute atomic E-state index is 12.5. The van der Waals surface area contributed by atoms with E-state index in [9.17, 15) is 14.7 Å². The molecule has 1 aliphatic rings. The summed E-state index contributed by atoms with van der Waals surface area (Å²) in [5.74, 6) is 0.0430. The Bertz CT molecular complexity index is 1110. The highest BCUT2D eigenvalue weighted by atomic mass is 16.3. The van der Waals surface area contributed by atoms with Crippen molar-refractivity contribution >= 4 is 17.6 Å². The standard InChI is InChI=1S/C24H26N4O3/c1-3-25-24(31)28-21(16-5-4-6-16)14-20(27-28)19-12-11-18(13-22(19)29)26-23(30)17-9-7-15(2)8-10-17/h7-14,16,29H,3-6H2,1-2H3,(H,25,31)(H,26,30). The molecule has 31 heavy (non-hydrogen) atoms. The molecule has 0 atom stereocenters. The third-order valence-electron chi connectivity index (χ3n) is 5.63. The van der Waals surface area contributed by atoms with Crippen molar-refractivity contribution in [2.24, 2.45) is 0 Å². The number of carbonyl (C=O) groups excluding carboxylic acids is 2. The fourth-order valence-electron chi connectivity index (χ4n) is 3.64. The number of carbonyl (C=O) groups is 2. The Labute approximate surface area is 181 Å². The van der Waals surface area contributed by atoms with Gasteiger partial charge in [-0.25, -0.2) is 4.79 Å². The van der Waals surface area contributed by atoms with E-state index < -0.39 is 0 Å². The Hall–Kier alpha value is -3.61. The molecule has 160 valence electrons. The number of hydrogen-bond donors (Lipinski definition) is 3. The number of benzene rings is 2. The monoisotopic (exact) mass is 418 g/mol. The molecule has 1 heterocycles. The van der Waals surface area contributed by atoms with Crippen LogP contribution in [0.15, 0.2) is 48.5 Å². The Balaban J connectivity index is 1.58. The quantitative estimate of drug-likeness (QED) is 0.561. The smallest absolute Gasteiger partial charge is 0.342 e. The summed E-state index contributed by atoms with van der Waals surface area (Å²) in [4.78, 5) is 24.9. The molecule has 2 amide bonds. The predicted octanol–water partition coefficient (Wildman–Crippen LogP) is 4.66. The molecule has 4 rings (SSSR count). The molecule has 1 aliphatic carbocycles. The number of aryl methyl sites for hydroxylation is 1. The molecule has 0 aliphatic heterocycles. The van der Waals surface area contributed by atoms with Crippen LogP contribution in [0.25, 0.3) is 11.3 Å². The Morgan fingerprint density at radius 3 is 2.48 bits per heavy atom. The second kappa shape index (κ2) is 8.63. The largest absolute Gasteiger partial charge is 0.507 e. The number of phenols is 1. The lowest BCUT2D eigenvalue weighted by Gasteiger charge is -2.25. The number of phenolic OH excluding ortho intramolecular Hbond substituents is 1. The average Bonchev–Trinajstić information content (AvgIpc) is 3.12. The first-order valence-electron chi connectivity index (χ1n) is 10.6. The molecule has 0 saturated heterocycles.